The number of carbonyl (C=O) groups excluding carboxylic acids is 1. The standard InChI is InChI=1S/C14H21NO3/c1-14(2,3)15-11-13(16)18-10-9-17-12-7-5-4-6-8-12/h4-8,15H,9-11H2,1-3H3. The minimum absolute atomic E-state index is 0.0838. The highest BCUT2D eigenvalue weighted by Gasteiger charge is 2.11. The second-order valence-corrected chi connectivity index (χ2v) is 4.99. The van der Waals surface area contributed by atoms with Gasteiger partial charge in [0, 0.05) is 5.54 Å². The predicted molar refractivity (Wildman–Crippen MR) is 70.7 cm³/mol. The lowest BCUT2D eigenvalue weighted by atomic mass is 10.1. The van der Waals surface area contributed by atoms with E-state index in [4.69, 9.17) is 9.47 Å². The lowest BCUT2D eigenvalue weighted by Crippen LogP contribution is -2.40. The fourth-order valence-electron chi connectivity index (χ4n) is 1.22. The molecule has 0 saturated heterocycles. The highest BCUT2D eigenvalue weighted by atomic mass is 16.6. The summed E-state index contributed by atoms with van der Waals surface area (Å²) in [6, 6.07) is 9.44. The fourth-order valence-corrected chi connectivity index (χ4v) is 1.22. The predicted octanol–water partition coefficient (Wildman–Crippen LogP) is 2.00. The Kier molecular flexibility index (Phi) is 5.65. The third kappa shape index (κ3) is 6.91. The molecule has 0 radical (unpaired) electrons. The third-order valence-electron chi connectivity index (χ3n) is 2.12. The molecule has 18 heavy (non-hydrogen) atoms. The molecule has 0 bridgehead atoms. The van der Waals surface area contributed by atoms with Crippen molar-refractivity contribution in [1.82, 2.24) is 5.32 Å². The molecule has 1 N–H and O–H groups in total. The summed E-state index contributed by atoms with van der Waals surface area (Å²) in [6.07, 6.45) is 0. The highest BCUT2D eigenvalue weighted by Crippen LogP contribution is 2.07. The number of ether oxygens (including phenoxy) is 2. The van der Waals surface area contributed by atoms with Gasteiger partial charge in [-0.1, -0.05) is 18.2 Å². The number of hydrogen-bond acceptors (Lipinski definition) is 4. The van der Waals surface area contributed by atoms with Crippen LogP contribution in [-0.4, -0.2) is 31.3 Å². The van der Waals surface area contributed by atoms with Crippen LogP contribution in [0.3, 0.4) is 0 Å². The maximum absolute atomic E-state index is 11.4. The van der Waals surface area contributed by atoms with Crippen molar-refractivity contribution in [2.24, 2.45) is 0 Å². The van der Waals surface area contributed by atoms with Crippen LogP contribution in [0.1, 0.15) is 20.8 Å². The van der Waals surface area contributed by atoms with Gasteiger partial charge in [-0.3, -0.25) is 4.79 Å². The van der Waals surface area contributed by atoms with Crippen molar-refractivity contribution in [3.05, 3.63) is 30.3 Å². The molecule has 0 fully saturated rings. The van der Waals surface area contributed by atoms with Crippen LogP contribution in [-0.2, 0) is 9.53 Å². The van der Waals surface area contributed by atoms with Gasteiger partial charge < -0.3 is 14.8 Å². The monoisotopic (exact) mass is 251 g/mol. The number of esters is 1. The zero-order chi connectivity index (χ0) is 13.4. The first kappa shape index (κ1) is 14.5. The summed E-state index contributed by atoms with van der Waals surface area (Å²) in [7, 11) is 0. The van der Waals surface area contributed by atoms with Gasteiger partial charge in [-0.25, -0.2) is 0 Å². The van der Waals surface area contributed by atoms with Crippen LogP contribution in [0, 0.1) is 0 Å². The van der Waals surface area contributed by atoms with E-state index in [0.717, 1.165) is 5.75 Å². The number of nitrogens with one attached hydrogen (secondary N) is 1. The van der Waals surface area contributed by atoms with Crippen molar-refractivity contribution in [2.45, 2.75) is 26.3 Å². The summed E-state index contributed by atoms with van der Waals surface area (Å²) in [6.45, 7) is 6.84. The second kappa shape index (κ2) is 7.01. The Morgan fingerprint density at radius 3 is 2.44 bits per heavy atom. The molecule has 4 heteroatoms. The molecule has 1 aromatic rings. The lowest BCUT2D eigenvalue weighted by Gasteiger charge is -2.19. The Morgan fingerprint density at radius 2 is 1.83 bits per heavy atom. The molecule has 1 rings (SSSR count). The Balaban J connectivity index is 2.09. The maximum atomic E-state index is 11.4. The van der Waals surface area contributed by atoms with Crippen molar-refractivity contribution in [3.63, 3.8) is 0 Å². The van der Waals surface area contributed by atoms with Crippen LogP contribution in [0.4, 0.5) is 0 Å². The molecule has 100 valence electrons. The van der Waals surface area contributed by atoms with Gasteiger partial charge in [0.05, 0.1) is 6.54 Å². The molecule has 1 aromatic carbocycles. The van der Waals surface area contributed by atoms with Gasteiger partial charge in [0.15, 0.2) is 0 Å². The topological polar surface area (TPSA) is 47.6 Å². The molecule has 0 saturated carbocycles. The Labute approximate surface area is 108 Å². The van der Waals surface area contributed by atoms with E-state index in [9.17, 15) is 4.79 Å². The molecule has 0 aliphatic rings. The van der Waals surface area contributed by atoms with Crippen molar-refractivity contribution >= 4 is 5.97 Å². The van der Waals surface area contributed by atoms with Crippen LogP contribution >= 0.6 is 0 Å². The summed E-state index contributed by atoms with van der Waals surface area (Å²) in [4.78, 5) is 11.4. The molecule has 0 aliphatic heterocycles. The van der Waals surface area contributed by atoms with Gasteiger partial charge in [0.1, 0.15) is 19.0 Å². The SMILES string of the molecule is CC(C)(C)NCC(=O)OCCOc1ccccc1. The largest absolute Gasteiger partial charge is 0.490 e. The molecule has 0 aromatic heterocycles. The van der Waals surface area contributed by atoms with E-state index in [-0.39, 0.29) is 24.7 Å². The van der Waals surface area contributed by atoms with Crippen molar-refractivity contribution in [2.75, 3.05) is 19.8 Å². The van der Waals surface area contributed by atoms with E-state index in [1.807, 2.05) is 51.1 Å². The van der Waals surface area contributed by atoms with Crippen LogP contribution < -0.4 is 10.1 Å². The number of rotatable bonds is 6. The summed E-state index contributed by atoms with van der Waals surface area (Å²) in [5, 5.41) is 3.06. The zero-order valence-electron chi connectivity index (χ0n) is 11.2. The molecule has 0 aliphatic carbocycles. The molecule has 0 amide bonds. The molecule has 4 nitrogen and oxygen atoms in total. The smallest absolute Gasteiger partial charge is 0.320 e. The quantitative estimate of drug-likeness (QED) is 0.620. The number of carbonyl (C=O) groups is 1. The first-order valence-corrected chi connectivity index (χ1v) is 6.06. The average Bonchev–Trinajstić information content (AvgIpc) is 2.33. The molecule has 0 heterocycles. The number of para-hydroxylation sites is 1. The summed E-state index contributed by atoms with van der Waals surface area (Å²) in [5.41, 5.74) is -0.0838. The van der Waals surface area contributed by atoms with Crippen LogP contribution in [0.2, 0.25) is 0 Å². The Morgan fingerprint density at radius 1 is 1.17 bits per heavy atom. The number of hydrogen-bond donors (Lipinski definition) is 1. The van der Waals surface area contributed by atoms with Crippen molar-refractivity contribution in [1.29, 1.82) is 0 Å². The fraction of sp³-hybridized carbons (Fsp3) is 0.500. The van der Waals surface area contributed by atoms with Gasteiger partial charge in [0.25, 0.3) is 0 Å². The third-order valence-corrected chi connectivity index (χ3v) is 2.12. The van der Waals surface area contributed by atoms with Crippen LogP contribution in [0.5, 0.6) is 5.75 Å². The van der Waals surface area contributed by atoms with Gasteiger partial charge in [0.2, 0.25) is 0 Å². The van der Waals surface area contributed by atoms with Gasteiger partial charge >= 0.3 is 5.97 Å². The maximum Gasteiger partial charge on any atom is 0.320 e. The number of benzene rings is 1. The van der Waals surface area contributed by atoms with E-state index in [0.29, 0.717) is 6.61 Å². The lowest BCUT2D eigenvalue weighted by molar-refractivity contribution is -0.143. The zero-order valence-corrected chi connectivity index (χ0v) is 11.2. The van der Waals surface area contributed by atoms with Crippen molar-refractivity contribution in [3.8, 4) is 5.75 Å². The van der Waals surface area contributed by atoms with Crippen LogP contribution in [0.25, 0.3) is 0 Å². The molecule has 0 unspecified atom stereocenters. The van der Waals surface area contributed by atoms with E-state index in [1.54, 1.807) is 0 Å². The molecule has 0 atom stereocenters. The van der Waals surface area contributed by atoms with Gasteiger partial charge in [-0.2, -0.15) is 0 Å². The molecule has 0 spiro atoms. The van der Waals surface area contributed by atoms with Gasteiger partial charge in [-0.15, -0.1) is 0 Å². The van der Waals surface area contributed by atoms with Gasteiger partial charge in [-0.05, 0) is 32.9 Å². The first-order valence-electron chi connectivity index (χ1n) is 6.06. The normalized spacial score (nSPS) is 11.1. The molecular weight excluding hydrogens is 230 g/mol. The first-order chi connectivity index (χ1) is 8.47. The molecular formula is C14H21NO3. The van der Waals surface area contributed by atoms with Crippen molar-refractivity contribution < 1.29 is 14.3 Å². The minimum atomic E-state index is -0.262. The summed E-state index contributed by atoms with van der Waals surface area (Å²) < 4.78 is 10.4. The Bertz CT molecular complexity index is 357. The summed E-state index contributed by atoms with van der Waals surface area (Å²) >= 11 is 0. The van der Waals surface area contributed by atoms with Crippen LogP contribution in [0.15, 0.2) is 30.3 Å². The van der Waals surface area contributed by atoms with E-state index in [2.05, 4.69) is 5.32 Å². The average molecular weight is 251 g/mol. The Hall–Kier alpha value is -1.55. The minimum Gasteiger partial charge on any atom is -0.490 e. The summed E-state index contributed by atoms with van der Waals surface area (Å²) in [5.74, 6) is 0.517. The van der Waals surface area contributed by atoms with E-state index < -0.39 is 0 Å². The van der Waals surface area contributed by atoms with E-state index in [1.165, 1.54) is 0 Å². The second-order valence-electron chi connectivity index (χ2n) is 4.99. The van der Waals surface area contributed by atoms with E-state index >= 15 is 0 Å². The highest BCUT2D eigenvalue weighted by molar-refractivity contribution is 5.71.